The molecule has 2 aromatic heterocycles. The fraction of sp³-hybridized carbons (Fsp3) is 0.400. The van der Waals surface area contributed by atoms with E-state index >= 15 is 0 Å². The standard InChI is InChI=1S/C35H39ClN4O3S/c1-8-42-34(41)31(43-35(4,5)6)29-20(2)17-27-32(30(29)22-9-12-24(36)13-10-22)44-33(38-27)23-11-14-26-28(18-23)40(21(3)37-26)25-15-16-39(7)19-25/h9-14,17-18,25,31H,8,15-16,19H2,1-7H3/t25?,31-/m0/s1. The maximum Gasteiger partial charge on any atom is 0.339 e. The van der Waals surface area contributed by atoms with Gasteiger partial charge in [0.05, 0.1) is 33.5 Å². The summed E-state index contributed by atoms with van der Waals surface area (Å²) in [6.07, 6.45) is 0.202. The van der Waals surface area contributed by atoms with Gasteiger partial charge in [0.1, 0.15) is 10.8 Å². The highest BCUT2D eigenvalue weighted by Gasteiger charge is 2.34. The van der Waals surface area contributed by atoms with Crippen LogP contribution in [-0.2, 0) is 14.3 Å². The van der Waals surface area contributed by atoms with Crippen LogP contribution in [0.15, 0.2) is 48.5 Å². The first-order valence-electron chi connectivity index (χ1n) is 15.2. The van der Waals surface area contributed by atoms with Crippen LogP contribution >= 0.6 is 22.9 Å². The minimum absolute atomic E-state index is 0.265. The predicted octanol–water partition coefficient (Wildman–Crippen LogP) is 8.55. The number of hydrogen-bond acceptors (Lipinski definition) is 7. The number of aromatic nitrogens is 3. The maximum absolute atomic E-state index is 13.5. The second-order valence-corrected chi connectivity index (χ2v) is 14.1. The molecule has 0 amide bonds. The Balaban J connectivity index is 1.55. The Kier molecular flexibility index (Phi) is 8.30. The van der Waals surface area contributed by atoms with Crippen molar-refractivity contribution in [2.24, 2.45) is 0 Å². The SMILES string of the molecule is CCOC(=O)[C@@H](OC(C)(C)C)c1c(C)cc2nc(-c3ccc4nc(C)n(C5CCN(C)C5)c4c3)sc2c1-c1ccc(Cl)cc1. The van der Waals surface area contributed by atoms with Crippen LogP contribution < -0.4 is 0 Å². The van der Waals surface area contributed by atoms with Crippen LogP contribution in [0.25, 0.3) is 42.9 Å². The number of esters is 1. The summed E-state index contributed by atoms with van der Waals surface area (Å²) in [5.74, 6) is 0.632. The van der Waals surface area contributed by atoms with Gasteiger partial charge in [0, 0.05) is 34.3 Å². The van der Waals surface area contributed by atoms with Gasteiger partial charge in [-0.15, -0.1) is 11.3 Å². The average molecular weight is 631 g/mol. The Morgan fingerprint density at radius 3 is 2.45 bits per heavy atom. The van der Waals surface area contributed by atoms with E-state index in [2.05, 4.69) is 47.7 Å². The third-order valence-corrected chi connectivity index (χ3v) is 9.53. The van der Waals surface area contributed by atoms with Crippen molar-refractivity contribution in [2.45, 2.75) is 65.7 Å². The summed E-state index contributed by atoms with van der Waals surface area (Å²) in [5.41, 5.74) is 7.02. The van der Waals surface area contributed by atoms with Crippen molar-refractivity contribution in [3.8, 4) is 21.7 Å². The Bertz CT molecular complexity index is 1850. The van der Waals surface area contributed by atoms with E-state index in [9.17, 15) is 4.79 Å². The van der Waals surface area contributed by atoms with Crippen molar-refractivity contribution in [3.05, 3.63) is 70.5 Å². The number of likely N-dealkylation sites (N-methyl/N-ethyl adjacent to an activating group) is 1. The first kappa shape index (κ1) is 30.7. The van der Waals surface area contributed by atoms with Crippen LogP contribution in [0.5, 0.6) is 0 Å². The van der Waals surface area contributed by atoms with Crippen molar-refractivity contribution < 1.29 is 14.3 Å². The van der Waals surface area contributed by atoms with Crippen molar-refractivity contribution in [1.82, 2.24) is 19.4 Å². The van der Waals surface area contributed by atoms with Crippen LogP contribution in [0.4, 0.5) is 0 Å². The van der Waals surface area contributed by atoms with E-state index in [1.807, 2.05) is 58.9 Å². The summed E-state index contributed by atoms with van der Waals surface area (Å²) in [5, 5.41) is 1.55. The molecule has 1 fully saturated rings. The van der Waals surface area contributed by atoms with Gasteiger partial charge >= 0.3 is 5.97 Å². The molecule has 5 aromatic rings. The van der Waals surface area contributed by atoms with Gasteiger partial charge in [0.25, 0.3) is 0 Å². The number of nitrogens with zero attached hydrogens (tertiary/aromatic N) is 4. The molecule has 1 saturated heterocycles. The first-order chi connectivity index (χ1) is 20.9. The summed E-state index contributed by atoms with van der Waals surface area (Å²) in [6, 6.07) is 16.6. The Morgan fingerprint density at radius 1 is 1.07 bits per heavy atom. The lowest BCUT2D eigenvalue weighted by molar-refractivity contribution is -0.166. The van der Waals surface area contributed by atoms with E-state index in [0.29, 0.717) is 11.1 Å². The number of hydrogen-bond donors (Lipinski definition) is 0. The Morgan fingerprint density at radius 2 is 1.80 bits per heavy atom. The normalized spacial score (nSPS) is 16.7. The zero-order valence-corrected chi connectivity index (χ0v) is 28.0. The molecular weight excluding hydrogens is 592 g/mol. The number of benzene rings is 3. The lowest BCUT2D eigenvalue weighted by atomic mass is 9.91. The molecule has 6 rings (SSSR count). The molecule has 0 spiro atoms. The molecule has 0 radical (unpaired) electrons. The summed E-state index contributed by atoms with van der Waals surface area (Å²) < 4.78 is 15.4. The van der Waals surface area contributed by atoms with Gasteiger partial charge in [0.15, 0.2) is 6.10 Å². The molecule has 44 heavy (non-hydrogen) atoms. The summed E-state index contributed by atoms with van der Waals surface area (Å²) >= 11 is 7.94. The van der Waals surface area contributed by atoms with Crippen molar-refractivity contribution >= 4 is 50.2 Å². The van der Waals surface area contributed by atoms with Gasteiger partial charge in [-0.2, -0.15) is 0 Å². The number of carbonyl (C=O) groups excluding carboxylic acids is 1. The van der Waals surface area contributed by atoms with Gasteiger partial charge in [0.2, 0.25) is 0 Å². The number of carbonyl (C=O) groups is 1. The number of fused-ring (bicyclic) bond motifs is 2. The van der Waals surface area contributed by atoms with Gasteiger partial charge in [-0.1, -0.05) is 23.7 Å². The van der Waals surface area contributed by atoms with Crippen molar-refractivity contribution in [3.63, 3.8) is 0 Å². The minimum Gasteiger partial charge on any atom is -0.464 e. The molecule has 0 aliphatic carbocycles. The number of likely N-dealkylation sites (tertiary alicyclic amines) is 1. The van der Waals surface area contributed by atoms with E-state index in [-0.39, 0.29) is 6.61 Å². The maximum atomic E-state index is 13.5. The summed E-state index contributed by atoms with van der Waals surface area (Å²) in [7, 11) is 2.18. The molecule has 1 unspecified atom stereocenters. The molecular formula is C35H39ClN4O3S. The average Bonchev–Trinajstić information content (AvgIpc) is 3.66. The molecule has 3 aromatic carbocycles. The number of imidazole rings is 1. The second-order valence-electron chi connectivity index (χ2n) is 12.7. The number of rotatable bonds is 7. The molecule has 0 bridgehead atoms. The highest BCUT2D eigenvalue weighted by molar-refractivity contribution is 7.22. The zero-order valence-electron chi connectivity index (χ0n) is 26.4. The molecule has 3 heterocycles. The minimum atomic E-state index is -0.909. The lowest BCUT2D eigenvalue weighted by Crippen LogP contribution is -2.29. The van der Waals surface area contributed by atoms with Crippen LogP contribution in [0.1, 0.15) is 63.2 Å². The topological polar surface area (TPSA) is 69.5 Å². The predicted molar refractivity (Wildman–Crippen MR) is 180 cm³/mol. The summed E-state index contributed by atoms with van der Waals surface area (Å²) in [6.45, 7) is 14.1. The molecule has 7 nitrogen and oxygen atoms in total. The second kappa shape index (κ2) is 11.9. The number of ether oxygens (including phenoxy) is 2. The van der Waals surface area contributed by atoms with E-state index in [1.54, 1.807) is 11.3 Å². The molecule has 230 valence electrons. The molecule has 0 N–H and O–H groups in total. The van der Waals surface area contributed by atoms with Crippen LogP contribution in [0, 0.1) is 13.8 Å². The number of aryl methyl sites for hydroxylation is 2. The van der Waals surface area contributed by atoms with Gasteiger partial charge in [-0.05, 0) is 109 Å². The fourth-order valence-electron chi connectivity index (χ4n) is 6.30. The number of halogens is 1. The van der Waals surface area contributed by atoms with E-state index in [4.69, 9.17) is 31.0 Å². The fourth-order valence-corrected chi connectivity index (χ4v) is 7.55. The third-order valence-electron chi connectivity index (χ3n) is 8.14. The van der Waals surface area contributed by atoms with Crippen LogP contribution in [0.2, 0.25) is 5.02 Å². The smallest absolute Gasteiger partial charge is 0.339 e. The third kappa shape index (κ3) is 5.88. The molecule has 1 aliphatic heterocycles. The van der Waals surface area contributed by atoms with E-state index in [0.717, 1.165) is 79.4 Å². The van der Waals surface area contributed by atoms with Crippen molar-refractivity contribution in [1.29, 1.82) is 0 Å². The monoisotopic (exact) mass is 630 g/mol. The van der Waals surface area contributed by atoms with Crippen molar-refractivity contribution in [2.75, 3.05) is 26.7 Å². The lowest BCUT2D eigenvalue weighted by Gasteiger charge is -2.29. The van der Waals surface area contributed by atoms with E-state index in [1.165, 1.54) is 0 Å². The first-order valence-corrected chi connectivity index (χ1v) is 16.3. The molecule has 1 aliphatic rings. The molecule has 2 atom stereocenters. The molecule has 0 saturated carbocycles. The Labute approximate surface area is 267 Å². The highest BCUT2D eigenvalue weighted by Crippen LogP contribution is 2.45. The van der Waals surface area contributed by atoms with Crippen LogP contribution in [0.3, 0.4) is 0 Å². The molecule has 9 heteroatoms. The number of thiazole rings is 1. The van der Waals surface area contributed by atoms with Gasteiger partial charge in [-0.3, -0.25) is 0 Å². The largest absolute Gasteiger partial charge is 0.464 e. The van der Waals surface area contributed by atoms with Gasteiger partial charge < -0.3 is 18.9 Å². The quantitative estimate of drug-likeness (QED) is 0.168. The van der Waals surface area contributed by atoms with Crippen LogP contribution in [-0.4, -0.2) is 57.7 Å². The summed E-state index contributed by atoms with van der Waals surface area (Å²) in [4.78, 5) is 25.9. The zero-order chi connectivity index (χ0) is 31.3. The van der Waals surface area contributed by atoms with Gasteiger partial charge in [-0.25, -0.2) is 14.8 Å². The van der Waals surface area contributed by atoms with E-state index < -0.39 is 17.7 Å². The Hall–Kier alpha value is -3.30. The highest BCUT2D eigenvalue weighted by atomic mass is 35.5.